The molecule has 0 aliphatic carbocycles. The smallest absolute Gasteiger partial charge is 0.254 e. The molecule has 1 fully saturated rings. The van der Waals surface area contributed by atoms with Crippen LogP contribution in [0.5, 0.6) is 0 Å². The molecule has 0 atom stereocenters. The molecule has 0 radical (unpaired) electrons. The molecule has 6 heteroatoms. The molecule has 0 saturated carbocycles. The molecule has 1 aliphatic heterocycles. The van der Waals surface area contributed by atoms with Crippen LogP contribution >= 0.6 is 11.8 Å². The molecule has 104 valence electrons. The van der Waals surface area contributed by atoms with Gasteiger partial charge in [-0.15, -0.1) is 0 Å². The lowest BCUT2D eigenvalue weighted by Gasteiger charge is -2.21. The molecule has 4 nitrogen and oxygen atoms in total. The molecule has 0 bridgehead atoms. The van der Waals surface area contributed by atoms with E-state index >= 15 is 0 Å². The molecule has 0 aromatic carbocycles. The van der Waals surface area contributed by atoms with Gasteiger partial charge in [0.1, 0.15) is 0 Å². The molecule has 1 aromatic rings. The fourth-order valence-electron chi connectivity index (χ4n) is 2.08. The molecule has 19 heavy (non-hydrogen) atoms. The largest absolute Gasteiger partial charge is 0.371 e. The average Bonchev–Trinajstić information content (AvgIpc) is 2.46. The fraction of sp³-hybridized carbons (Fsp3) is 0.538. The number of aromatic nitrogens is 1. The topological polar surface area (TPSA) is 54.0 Å². The fourth-order valence-corrected chi connectivity index (χ4v) is 3.28. The monoisotopic (exact) mass is 283 g/mol. The number of thioether (sulfide) groups is 1. The van der Waals surface area contributed by atoms with E-state index in [1.807, 2.05) is 11.8 Å². The SMILES string of the molecule is CNc1nccc(C(=O)NCC2CCSCC2)c1F. The third-order valence-electron chi connectivity index (χ3n) is 3.26. The van der Waals surface area contributed by atoms with Crippen molar-refractivity contribution in [1.82, 2.24) is 10.3 Å². The molecule has 1 aliphatic rings. The summed E-state index contributed by atoms with van der Waals surface area (Å²) in [5.41, 5.74) is 0.0459. The van der Waals surface area contributed by atoms with Crippen LogP contribution in [0.25, 0.3) is 0 Å². The molecule has 0 spiro atoms. The Bertz CT molecular complexity index is 450. The lowest BCUT2D eigenvalue weighted by molar-refractivity contribution is 0.0942. The van der Waals surface area contributed by atoms with Gasteiger partial charge < -0.3 is 10.6 Å². The number of carbonyl (C=O) groups is 1. The number of pyridine rings is 1. The summed E-state index contributed by atoms with van der Waals surface area (Å²) in [6, 6.07) is 1.40. The van der Waals surface area contributed by atoms with Gasteiger partial charge in [0.15, 0.2) is 11.6 Å². The Hall–Kier alpha value is -1.30. The highest BCUT2D eigenvalue weighted by molar-refractivity contribution is 7.99. The van der Waals surface area contributed by atoms with Gasteiger partial charge in [-0.2, -0.15) is 11.8 Å². The lowest BCUT2D eigenvalue weighted by atomic mass is 10.0. The van der Waals surface area contributed by atoms with E-state index in [0.717, 1.165) is 24.3 Å². The van der Waals surface area contributed by atoms with Crippen LogP contribution in [0, 0.1) is 11.7 Å². The predicted molar refractivity (Wildman–Crippen MR) is 76.1 cm³/mol. The minimum absolute atomic E-state index is 0.0459. The van der Waals surface area contributed by atoms with Crippen LogP contribution in [0.4, 0.5) is 10.2 Å². The molecule has 1 saturated heterocycles. The van der Waals surface area contributed by atoms with Crippen molar-refractivity contribution in [1.29, 1.82) is 0 Å². The molecule has 0 unspecified atom stereocenters. The molecule has 2 heterocycles. The third-order valence-corrected chi connectivity index (χ3v) is 4.31. The number of hydrogen-bond donors (Lipinski definition) is 2. The van der Waals surface area contributed by atoms with Crippen molar-refractivity contribution in [3.05, 3.63) is 23.6 Å². The normalized spacial score (nSPS) is 16.1. The van der Waals surface area contributed by atoms with Crippen molar-refractivity contribution >= 4 is 23.5 Å². The maximum Gasteiger partial charge on any atom is 0.254 e. The first kappa shape index (κ1) is 14.1. The zero-order valence-electron chi connectivity index (χ0n) is 10.9. The minimum atomic E-state index is -0.596. The predicted octanol–water partition coefficient (Wildman–Crippen LogP) is 2.14. The van der Waals surface area contributed by atoms with Crippen LogP contribution < -0.4 is 10.6 Å². The summed E-state index contributed by atoms with van der Waals surface area (Å²) in [6.45, 7) is 0.621. The van der Waals surface area contributed by atoms with Gasteiger partial charge in [-0.25, -0.2) is 9.37 Å². The van der Waals surface area contributed by atoms with E-state index in [9.17, 15) is 9.18 Å². The maximum atomic E-state index is 13.9. The first-order valence-electron chi connectivity index (χ1n) is 6.40. The Labute approximate surface area is 116 Å². The van der Waals surface area contributed by atoms with Crippen molar-refractivity contribution in [3.63, 3.8) is 0 Å². The van der Waals surface area contributed by atoms with Crippen LogP contribution in [-0.2, 0) is 0 Å². The van der Waals surface area contributed by atoms with Crippen molar-refractivity contribution in [2.75, 3.05) is 30.4 Å². The Kier molecular flexibility index (Phi) is 5.01. The van der Waals surface area contributed by atoms with Gasteiger partial charge in [-0.1, -0.05) is 0 Å². The van der Waals surface area contributed by atoms with E-state index in [4.69, 9.17) is 0 Å². The summed E-state index contributed by atoms with van der Waals surface area (Å²) in [6.07, 6.45) is 3.66. The number of carbonyl (C=O) groups excluding carboxylic acids is 1. The van der Waals surface area contributed by atoms with Crippen LogP contribution in [0.1, 0.15) is 23.2 Å². The van der Waals surface area contributed by atoms with Crippen molar-refractivity contribution in [2.45, 2.75) is 12.8 Å². The van der Waals surface area contributed by atoms with E-state index in [0.29, 0.717) is 12.5 Å². The van der Waals surface area contributed by atoms with Gasteiger partial charge in [0.2, 0.25) is 0 Å². The zero-order valence-corrected chi connectivity index (χ0v) is 11.7. The van der Waals surface area contributed by atoms with Gasteiger partial charge in [0.25, 0.3) is 5.91 Å². The summed E-state index contributed by atoms with van der Waals surface area (Å²) in [4.78, 5) is 15.8. The summed E-state index contributed by atoms with van der Waals surface area (Å²) in [7, 11) is 1.58. The Morgan fingerprint density at radius 2 is 2.26 bits per heavy atom. The second kappa shape index (κ2) is 6.75. The second-order valence-electron chi connectivity index (χ2n) is 4.54. The first-order chi connectivity index (χ1) is 9.22. The summed E-state index contributed by atoms with van der Waals surface area (Å²) in [5, 5.41) is 5.44. The highest BCUT2D eigenvalue weighted by atomic mass is 32.2. The number of amides is 1. The molecule has 2 N–H and O–H groups in total. The Morgan fingerprint density at radius 1 is 1.53 bits per heavy atom. The molecular formula is C13H18FN3OS. The number of anilines is 1. The first-order valence-corrected chi connectivity index (χ1v) is 7.56. The summed E-state index contributed by atoms with van der Waals surface area (Å²) in [5.74, 6) is 1.94. The number of halogens is 1. The van der Waals surface area contributed by atoms with Crippen LogP contribution in [0.15, 0.2) is 12.3 Å². The highest BCUT2D eigenvalue weighted by Gasteiger charge is 2.18. The zero-order chi connectivity index (χ0) is 13.7. The quantitative estimate of drug-likeness (QED) is 0.889. The van der Waals surface area contributed by atoms with Crippen molar-refractivity contribution in [2.24, 2.45) is 5.92 Å². The number of nitrogens with one attached hydrogen (secondary N) is 2. The Balaban J connectivity index is 1.95. The van der Waals surface area contributed by atoms with Gasteiger partial charge in [-0.05, 0) is 36.3 Å². The Morgan fingerprint density at radius 3 is 2.95 bits per heavy atom. The molecule has 1 aromatic heterocycles. The number of nitrogens with zero attached hydrogens (tertiary/aromatic N) is 1. The van der Waals surface area contributed by atoms with Gasteiger partial charge in [0.05, 0.1) is 5.56 Å². The highest BCUT2D eigenvalue weighted by Crippen LogP contribution is 2.22. The second-order valence-corrected chi connectivity index (χ2v) is 5.76. The third kappa shape index (κ3) is 3.59. The molecule has 1 amide bonds. The van der Waals surface area contributed by atoms with E-state index in [-0.39, 0.29) is 17.3 Å². The number of rotatable bonds is 4. The lowest BCUT2D eigenvalue weighted by Crippen LogP contribution is -2.31. The van der Waals surface area contributed by atoms with Gasteiger partial charge in [0, 0.05) is 19.8 Å². The molecule has 2 rings (SSSR count). The van der Waals surface area contributed by atoms with Crippen LogP contribution in [0.3, 0.4) is 0 Å². The molecular weight excluding hydrogens is 265 g/mol. The number of hydrogen-bond acceptors (Lipinski definition) is 4. The minimum Gasteiger partial charge on any atom is -0.371 e. The maximum absolute atomic E-state index is 13.9. The van der Waals surface area contributed by atoms with E-state index in [1.54, 1.807) is 7.05 Å². The average molecular weight is 283 g/mol. The van der Waals surface area contributed by atoms with Gasteiger partial charge >= 0.3 is 0 Å². The van der Waals surface area contributed by atoms with E-state index < -0.39 is 5.82 Å². The van der Waals surface area contributed by atoms with Gasteiger partial charge in [-0.3, -0.25) is 4.79 Å². The summed E-state index contributed by atoms with van der Waals surface area (Å²) >= 11 is 1.95. The van der Waals surface area contributed by atoms with Crippen molar-refractivity contribution < 1.29 is 9.18 Å². The van der Waals surface area contributed by atoms with Crippen molar-refractivity contribution in [3.8, 4) is 0 Å². The van der Waals surface area contributed by atoms with E-state index in [1.165, 1.54) is 12.3 Å². The van der Waals surface area contributed by atoms with E-state index in [2.05, 4.69) is 15.6 Å². The van der Waals surface area contributed by atoms with Crippen LogP contribution in [0.2, 0.25) is 0 Å². The standard InChI is InChI=1S/C13H18FN3OS/c1-15-12-11(14)10(2-5-16-12)13(18)17-8-9-3-6-19-7-4-9/h2,5,9H,3-4,6-8H2,1H3,(H,15,16)(H,17,18). The van der Waals surface area contributed by atoms with Crippen LogP contribution in [-0.4, -0.2) is 36.0 Å². The summed E-state index contributed by atoms with van der Waals surface area (Å²) < 4.78 is 13.9.